The molecule has 17 heavy (non-hydrogen) atoms. The van der Waals surface area contributed by atoms with Gasteiger partial charge < -0.3 is 10.6 Å². The highest BCUT2D eigenvalue weighted by Crippen LogP contribution is 2.35. The van der Waals surface area contributed by atoms with Crippen molar-refractivity contribution in [1.29, 1.82) is 0 Å². The SMILES string of the molecule is NC1CCN(c2cc(Cl)cc(C(F)(F)F)c2)C1. The third kappa shape index (κ3) is 2.84. The highest BCUT2D eigenvalue weighted by atomic mass is 35.5. The van der Waals surface area contributed by atoms with Crippen molar-refractivity contribution in [1.82, 2.24) is 0 Å². The van der Waals surface area contributed by atoms with Crippen molar-refractivity contribution in [3.63, 3.8) is 0 Å². The molecule has 94 valence electrons. The quantitative estimate of drug-likeness (QED) is 0.845. The van der Waals surface area contributed by atoms with Crippen LogP contribution >= 0.6 is 11.6 Å². The summed E-state index contributed by atoms with van der Waals surface area (Å²) in [4.78, 5) is 1.83. The molecule has 1 aliphatic rings. The van der Waals surface area contributed by atoms with Crippen molar-refractivity contribution in [3.05, 3.63) is 28.8 Å². The zero-order chi connectivity index (χ0) is 12.6. The van der Waals surface area contributed by atoms with E-state index in [1.165, 1.54) is 6.07 Å². The van der Waals surface area contributed by atoms with E-state index in [4.69, 9.17) is 17.3 Å². The van der Waals surface area contributed by atoms with Gasteiger partial charge in [0, 0.05) is 29.8 Å². The minimum Gasteiger partial charge on any atom is -0.370 e. The van der Waals surface area contributed by atoms with Gasteiger partial charge in [-0.15, -0.1) is 0 Å². The van der Waals surface area contributed by atoms with Gasteiger partial charge >= 0.3 is 6.18 Å². The average molecular weight is 265 g/mol. The molecule has 0 spiro atoms. The number of hydrogen-bond donors (Lipinski definition) is 1. The number of benzene rings is 1. The molecule has 0 bridgehead atoms. The number of rotatable bonds is 1. The maximum Gasteiger partial charge on any atom is 0.416 e. The molecule has 2 N–H and O–H groups in total. The van der Waals surface area contributed by atoms with Crippen molar-refractivity contribution in [2.24, 2.45) is 5.73 Å². The van der Waals surface area contributed by atoms with Crippen LogP contribution in [0, 0.1) is 0 Å². The lowest BCUT2D eigenvalue weighted by Gasteiger charge is -2.20. The molecule has 1 fully saturated rings. The molecule has 1 aromatic rings. The van der Waals surface area contributed by atoms with Gasteiger partial charge in [0.05, 0.1) is 5.56 Å². The molecule has 6 heteroatoms. The van der Waals surface area contributed by atoms with Gasteiger partial charge in [0.2, 0.25) is 0 Å². The van der Waals surface area contributed by atoms with Gasteiger partial charge in [0.1, 0.15) is 0 Å². The standard InChI is InChI=1S/C11H12ClF3N2/c12-8-3-7(11(13,14)15)4-10(5-8)17-2-1-9(16)6-17/h3-5,9H,1-2,6,16H2. The van der Waals surface area contributed by atoms with E-state index in [-0.39, 0.29) is 11.1 Å². The molecule has 2 nitrogen and oxygen atoms in total. The van der Waals surface area contributed by atoms with Gasteiger partial charge in [-0.25, -0.2) is 0 Å². The van der Waals surface area contributed by atoms with Gasteiger partial charge in [-0.05, 0) is 24.6 Å². The van der Waals surface area contributed by atoms with Gasteiger partial charge in [0.15, 0.2) is 0 Å². The fourth-order valence-electron chi connectivity index (χ4n) is 1.94. The normalized spacial score (nSPS) is 21.0. The highest BCUT2D eigenvalue weighted by molar-refractivity contribution is 6.30. The molecule has 0 amide bonds. The number of nitrogens with zero attached hydrogens (tertiary/aromatic N) is 1. The Balaban J connectivity index is 2.32. The third-order valence-electron chi connectivity index (χ3n) is 2.80. The van der Waals surface area contributed by atoms with E-state index >= 15 is 0 Å². The molecule has 1 atom stereocenters. The maximum absolute atomic E-state index is 12.6. The average Bonchev–Trinajstić information content (AvgIpc) is 2.62. The summed E-state index contributed by atoms with van der Waals surface area (Å²) in [6, 6.07) is 3.60. The first kappa shape index (κ1) is 12.5. The second-order valence-corrected chi connectivity index (χ2v) is 4.63. The van der Waals surface area contributed by atoms with Crippen molar-refractivity contribution >= 4 is 17.3 Å². The summed E-state index contributed by atoms with van der Waals surface area (Å²) < 4.78 is 37.8. The maximum atomic E-state index is 12.6. The fourth-order valence-corrected chi connectivity index (χ4v) is 2.17. The van der Waals surface area contributed by atoms with Gasteiger partial charge in [0.25, 0.3) is 0 Å². The smallest absolute Gasteiger partial charge is 0.370 e. The summed E-state index contributed by atoms with van der Waals surface area (Å²) >= 11 is 5.71. The van der Waals surface area contributed by atoms with Crippen LogP contribution in [0.25, 0.3) is 0 Å². The summed E-state index contributed by atoms with van der Waals surface area (Å²) in [7, 11) is 0. The molecular formula is C11H12ClF3N2. The predicted molar refractivity (Wildman–Crippen MR) is 61.3 cm³/mol. The molecule has 0 saturated carbocycles. The van der Waals surface area contributed by atoms with Crippen LogP contribution in [0.4, 0.5) is 18.9 Å². The number of hydrogen-bond acceptors (Lipinski definition) is 2. The van der Waals surface area contributed by atoms with Crippen molar-refractivity contribution in [2.45, 2.75) is 18.6 Å². The zero-order valence-electron chi connectivity index (χ0n) is 8.97. The third-order valence-corrected chi connectivity index (χ3v) is 3.02. The monoisotopic (exact) mass is 264 g/mol. The highest BCUT2D eigenvalue weighted by Gasteiger charge is 2.32. The molecule has 1 aromatic carbocycles. The molecule has 1 heterocycles. The molecule has 0 radical (unpaired) electrons. The Hall–Kier alpha value is -0.940. The first-order chi connectivity index (χ1) is 7.86. The second-order valence-electron chi connectivity index (χ2n) is 4.19. The van der Waals surface area contributed by atoms with E-state index in [1.807, 2.05) is 4.90 Å². The number of nitrogens with two attached hydrogens (primary N) is 1. The Bertz CT molecular complexity index is 420. The Morgan fingerprint density at radius 2 is 2.00 bits per heavy atom. The minimum absolute atomic E-state index is 0.0170. The molecule has 1 aliphatic heterocycles. The van der Waals surface area contributed by atoms with Crippen LogP contribution in [0.3, 0.4) is 0 Å². The van der Waals surface area contributed by atoms with E-state index in [0.29, 0.717) is 18.8 Å². The van der Waals surface area contributed by atoms with Crippen LogP contribution in [0.5, 0.6) is 0 Å². The van der Waals surface area contributed by atoms with Gasteiger partial charge in [-0.2, -0.15) is 13.2 Å². The molecule has 0 aromatic heterocycles. The fraction of sp³-hybridized carbons (Fsp3) is 0.455. The van der Waals surface area contributed by atoms with E-state index in [9.17, 15) is 13.2 Å². The number of halogens is 4. The first-order valence-corrected chi connectivity index (χ1v) is 5.62. The summed E-state index contributed by atoms with van der Waals surface area (Å²) in [5, 5.41) is 0.0929. The lowest BCUT2D eigenvalue weighted by atomic mass is 10.2. The van der Waals surface area contributed by atoms with E-state index < -0.39 is 11.7 Å². The Morgan fingerprint density at radius 3 is 2.53 bits per heavy atom. The zero-order valence-corrected chi connectivity index (χ0v) is 9.72. The largest absolute Gasteiger partial charge is 0.416 e. The van der Waals surface area contributed by atoms with E-state index in [1.54, 1.807) is 0 Å². The molecule has 2 rings (SSSR count). The summed E-state index contributed by atoms with van der Waals surface area (Å²) in [6.07, 6.45) is -3.59. The van der Waals surface area contributed by atoms with E-state index in [2.05, 4.69) is 0 Å². The summed E-state index contributed by atoms with van der Waals surface area (Å²) in [5.41, 5.74) is 5.49. The molecule has 1 unspecified atom stereocenters. The lowest BCUT2D eigenvalue weighted by Crippen LogP contribution is -2.26. The van der Waals surface area contributed by atoms with Crippen LogP contribution in [-0.4, -0.2) is 19.1 Å². The van der Waals surface area contributed by atoms with E-state index in [0.717, 1.165) is 18.6 Å². The molecule has 1 saturated heterocycles. The van der Waals surface area contributed by atoms with Crippen LogP contribution in [0.15, 0.2) is 18.2 Å². The Kier molecular flexibility index (Phi) is 3.23. The van der Waals surface area contributed by atoms with Gasteiger partial charge in [-0.1, -0.05) is 11.6 Å². The first-order valence-electron chi connectivity index (χ1n) is 5.24. The van der Waals surface area contributed by atoms with Crippen LogP contribution in [0.2, 0.25) is 5.02 Å². The summed E-state index contributed by atoms with van der Waals surface area (Å²) in [6.45, 7) is 1.23. The Morgan fingerprint density at radius 1 is 1.29 bits per heavy atom. The molecular weight excluding hydrogens is 253 g/mol. The molecule has 0 aliphatic carbocycles. The van der Waals surface area contributed by atoms with Crippen molar-refractivity contribution in [2.75, 3.05) is 18.0 Å². The van der Waals surface area contributed by atoms with Crippen LogP contribution in [0.1, 0.15) is 12.0 Å². The van der Waals surface area contributed by atoms with Crippen LogP contribution in [-0.2, 0) is 6.18 Å². The lowest BCUT2D eigenvalue weighted by molar-refractivity contribution is -0.137. The van der Waals surface area contributed by atoms with Crippen molar-refractivity contribution < 1.29 is 13.2 Å². The topological polar surface area (TPSA) is 29.3 Å². The number of anilines is 1. The Labute approximate surface area is 102 Å². The second kappa shape index (κ2) is 4.38. The van der Waals surface area contributed by atoms with Crippen LogP contribution < -0.4 is 10.6 Å². The van der Waals surface area contributed by atoms with Crippen molar-refractivity contribution in [3.8, 4) is 0 Å². The van der Waals surface area contributed by atoms with Gasteiger partial charge in [-0.3, -0.25) is 0 Å². The minimum atomic E-state index is -4.37. The predicted octanol–water partition coefficient (Wildman–Crippen LogP) is 2.90. The number of alkyl halides is 3. The summed E-state index contributed by atoms with van der Waals surface area (Å²) in [5.74, 6) is 0.